The molecule has 5 heteroatoms. The maximum atomic E-state index is 12.0. The molecule has 2 heterocycles. The quantitative estimate of drug-likeness (QED) is 0.693. The van der Waals surface area contributed by atoms with Crippen LogP contribution in [0.25, 0.3) is 10.2 Å². The first-order chi connectivity index (χ1) is 9.79. The molecule has 20 heavy (non-hydrogen) atoms. The van der Waals surface area contributed by atoms with Crippen LogP contribution in [0, 0.1) is 0 Å². The van der Waals surface area contributed by atoms with Crippen LogP contribution in [0.1, 0.15) is 10.6 Å². The second kappa shape index (κ2) is 5.30. The van der Waals surface area contributed by atoms with Gasteiger partial charge in [0.25, 0.3) is 0 Å². The van der Waals surface area contributed by atoms with Crippen LogP contribution in [0.2, 0.25) is 0 Å². The summed E-state index contributed by atoms with van der Waals surface area (Å²) in [7, 11) is 0. The number of benzene rings is 1. The Bertz CT molecular complexity index is 825. The summed E-state index contributed by atoms with van der Waals surface area (Å²) in [6.45, 7) is 4.36. The van der Waals surface area contributed by atoms with Gasteiger partial charge in [0.05, 0.1) is 16.5 Å². The lowest BCUT2D eigenvalue weighted by Crippen LogP contribution is -2.16. The molecule has 0 aliphatic carbocycles. The largest absolute Gasteiger partial charge is 0.459 e. The van der Waals surface area contributed by atoms with E-state index in [2.05, 4.69) is 11.6 Å². The van der Waals surface area contributed by atoms with Crippen molar-refractivity contribution in [3.05, 3.63) is 65.9 Å². The first-order valence-electron chi connectivity index (χ1n) is 6.11. The highest BCUT2D eigenvalue weighted by molar-refractivity contribution is 7.16. The number of hydrogen-bond donors (Lipinski definition) is 0. The summed E-state index contributed by atoms with van der Waals surface area (Å²) in [6, 6.07) is 11.2. The number of fused-ring (bicyclic) bond motifs is 1. The zero-order valence-corrected chi connectivity index (χ0v) is 11.5. The van der Waals surface area contributed by atoms with Crippen molar-refractivity contribution in [2.75, 3.05) is 0 Å². The lowest BCUT2D eigenvalue weighted by Gasteiger charge is -1.99. The minimum Gasteiger partial charge on any atom is -0.459 e. The van der Waals surface area contributed by atoms with Crippen molar-refractivity contribution in [2.45, 2.75) is 6.54 Å². The number of nitrogens with zero attached hydrogens (tertiary/aromatic N) is 2. The molecule has 0 spiro atoms. The summed E-state index contributed by atoms with van der Waals surface area (Å²) in [4.78, 5) is 16.8. The minimum absolute atomic E-state index is 0.243. The number of carbonyl (C=O) groups excluding carboxylic acids is 1. The van der Waals surface area contributed by atoms with Crippen molar-refractivity contribution < 1.29 is 9.21 Å². The Balaban J connectivity index is 2.17. The first-order valence-corrected chi connectivity index (χ1v) is 6.93. The highest BCUT2D eigenvalue weighted by Gasteiger charge is 2.09. The fourth-order valence-corrected chi connectivity index (χ4v) is 2.99. The summed E-state index contributed by atoms with van der Waals surface area (Å²) < 4.78 is 8.12. The number of thiazole rings is 1. The van der Waals surface area contributed by atoms with Gasteiger partial charge in [-0.05, 0) is 24.3 Å². The summed E-state index contributed by atoms with van der Waals surface area (Å²) >= 11 is 1.48. The van der Waals surface area contributed by atoms with Gasteiger partial charge in [-0.25, -0.2) is 0 Å². The number of aromatic nitrogens is 1. The number of rotatable bonds is 3. The monoisotopic (exact) mass is 284 g/mol. The van der Waals surface area contributed by atoms with E-state index in [4.69, 9.17) is 4.42 Å². The van der Waals surface area contributed by atoms with E-state index < -0.39 is 0 Å². The molecule has 1 amide bonds. The Hall–Kier alpha value is -2.40. The molecule has 0 fully saturated rings. The highest BCUT2D eigenvalue weighted by Crippen LogP contribution is 2.16. The molecular weight excluding hydrogens is 272 g/mol. The molecule has 0 saturated heterocycles. The number of amides is 1. The Labute approximate surface area is 119 Å². The third kappa shape index (κ3) is 2.23. The topological polar surface area (TPSA) is 47.5 Å². The molecule has 3 rings (SSSR count). The SMILES string of the molecule is C=CCn1c(=NC(=O)c2ccco2)sc2ccccc21. The zero-order chi connectivity index (χ0) is 13.9. The van der Waals surface area contributed by atoms with Gasteiger partial charge in [-0.1, -0.05) is 29.5 Å². The van der Waals surface area contributed by atoms with E-state index in [1.54, 1.807) is 18.2 Å². The second-order valence-electron chi connectivity index (χ2n) is 4.15. The Kier molecular flexibility index (Phi) is 3.35. The van der Waals surface area contributed by atoms with Gasteiger partial charge in [-0.2, -0.15) is 4.99 Å². The molecule has 0 saturated carbocycles. The average molecular weight is 284 g/mol. The van der Waals surface area contributed by atoms with Gasteiger partial charge in [0.2, 0.25) is 0 Å². The Morgan fingerprint density at radius 1 is 1.35 bits per heavy atom. The van der Waals surface area contributed by atoms with Crippen molar-refractivity contribution in [1.29, 1.82) is 0 Å². The van der Waals surface area contributed by atoms with E-state index in [0.29, 0.717) is 11.3 Å². The van der Waals surface area contributed by atoms with Crippen molar-refractivity contribution in [1.82, 2.24) is 4.57 Å². The van der Waals surface area contributed by atoms with Crippen LogP contribution < -0.4 is 4.80 Å². The third-order valence-corrected chi connectivity index (χ3v) is 3.89. The predicted octanol–water partition coefficient (Wildman–Crippen LogP) is 3.22. The molecule has 1 aromatic carbocycles. The van der Waals surface area contributed by atoms with Crippen LogP contribution >= 0.6 is 11.3 Å². The van der Waals surface area contributed by atoms with E-state index >= 15 is 0 Å². The van der Waals surface area contributed by atoms with Crippen molar-refractivity contribution >= 4 is 27.5 Å². The summed E-state index contributed by atoms with van der Waals surface area (Å²) in [5.74, 6) is -0.132. The van der Waals surface area contributed by atoms with Gasteiger partial charge in [0.1, 0.15) is 0 Å². The normalized spacial score (nSPS) is 11.9. The smallest absolute Gasteiger partial charge is 0.315 e. The fourth-order valence-electron chi connectivity index (χ4n) is 1.95. The van der Waals surface area contributed by atoms with Crippen molar-refractivity contribution in [3.63, 3.8) is 0 Å². The van der Waals surface area contributed by atoms with E-state index in [9.17, 15) is 4.79 Å². The molecule has 0 N–H and O–H groups in total. The second-order valence-corrected chi connectivity index (χ2v) is 5.15. The highest BCUT2D eigenvalue weighted by atomic mass is 32.1. The molecule has 0 aliphatic heterocycles. The molecule has 0 aliphatic rings. The van der Waals surface area contributed by atoms with Gasteiger partial charge in [-0.3, -0.25) is 4.79 Å². The number of furan rings is 1. The first kappa shape index (κ1) is 12.6. The van der Waals surface area contributed by atoms with Crippen LogP contribution in [0.15, 0.2) is 64.7 Å². The maximum absolute atomic E-state index is 12.0. The Morgan fingerprint density at radius 3 is 2.95 bits per heavy atom. The summed E-state index contributed by atoms with van der Waals surface area (Å²) in [5, 5.41) is 0. The molecule has 0 bridgehead atoms. The van der Waals surface area contributed by atoms with E-state index in [-0.39, 0.29) is 11.7 Å². The third-order valence-electron chi connectivity index (χ3n) is 2.83. The van der Waals surface area contributed by atoms with Gasteiger partial charge in [0.15, 0.2) is 10.6 Å². The van der Waals surface area contributed by atoms with Crippen molar-refractivity contribution in [2.24, 2.45) is 4.99 Å². The average Bonchev–Trinajstić information content (AvgIpc) is 3.08. The van der Waals surface area contributed by atoms with Gasteiger partial charge >= 0.3 is 5.91 Å². The molecule has 2 aromatic heterocycles. The Morgan fingerprint density at radius 2 is 2.20 bits per heavy atom. The molecule has 0 radical (unpaired) electrons. The number of hydrogen-bond acceptors (Lipinski definition) is 3. The number of carbonyl (C=O) groups is 1. The summed E-state index contributed by atoms with van der Waals surface area (Å²) in [6.07, 6.45) is 3.25. The predicted molar refractivity (Wildman–Crippen MR) is 78.6 cm³/mol. The van der Waals surface area contributed by atoms with Gasteiger partial charge < -0.3 is 8.98 Å². The molecular formula is C15H12N2O2S. The van der Waals surface area contributed by atoms with E-state index in [1.165, 1.54) is 17.6 Å². The molecule has 100 valence electrons. The van der Waals surface area contributed by atoms with Crippen molar-refractivity contribution in [3.8, 4) is 0 Å². The van der Waals surface area contributed by atoms with Crippen LogP contribution in [-0.4, -0.2) is 10.5 Å². The molecule has 4 nitrogen and oxygen atoms in total. The fraction of sp³-hybridized carbons (Fsp3) is 0.0667. The van der Waals surface area contributed by atoms with Gasteiger partial charge in [-0.15, -0.1) is 6.58 Å². The van der Waals surface area contributed by atoms with Crippen LogP contribution in [0.3, 0.4) is 0 Å². The molecule has 3 aromatic rings. The van der Waals surface area contributed by atoms with E-state index in [0.717, 1.165) is 10.2 Å². The molecule has 0 atom stereocenters. The minimum atomic E-state index is -0.376. The van der Waals surface area contributed by atoms with E-state index in [1.807, 2.05) is 28.8 Å². The lowest BCUT2D eigenvalue weighted by atomic mass is 10.3. The van der Waals surface area contributed by atoms with Crippen LogP contribution in [0.4, 0.5) is 0 Å². The zero-order valence-electron chi connectivity index (χ0n) is 10.7. The standard InChI is InChI=1S/C15H12N2O2S/c1-2-9-17-11-6-3-4-8-13(11)20-15(17)16-14(18)12-7-5-10-19-12/h2-8,10H,1,9H2. The summed E-state index contributed by atoms with van der Waals surface area (Å²) in [5.41, 5.74) is 1.04. The number of allylic oxidation sites excluding steroid dienone is 1. The van der Waals surface area contributed by atoms with Crippen LogP contribution in [-0.2, 0) is 6.54 Å². The number of para-hydroxylation sites is 1. The maximum Gasteiger partial charge on any atom is 0.315 e. The lowest BCUT2D eigenvalue weighted by molar-refractivity contribution is 0.0971. The van der Waals surface area contributed by atoms with Crippen LogP contribution in [0.5, 0.6) is 0 Å². The van der Waals surface area contributed by atoms with Gasteiger partial charge in [0, 0.05) is 6.54 Å². The molecule has 0 unspecified atom stereocenters.